The van der Waals surface area contributed by atoms with Crippen molar-refractivity contribution < 1.29 is 5.11 Å². The normalized spacial score (nSPS) is 14.2. The van der Waals surface area contributed by atoms with Gasteiger partial charge in [-0.25, -0.2) is 0 Å². The molecule has 0 amide bonds. The number of benzene rings is 1. The van der Waals surface area contributed by atoms with Gasteiger partial charge in [-0.1, -0.05) is 31.2 Å². The number of thiophene rings is 1. The van der Waals surface area contributed by atoms with Crippen molar-refractivity contribution in [3.63, 3.8) is 0 Å². The Morgan fingerprint density at radius 1 is 1.15 bits per heavy atom. The molecule has 0 aliphatic heterocycles. The maximum absolute atomic E-state index is 10.0. The second-order valence-corrected chi connectivity index (χ2v) is 6.61. The first-order valence-corrected chi connectivity index (χ1v) is 7.91. The van der Waals surface area contributed by atoms with E-state index in [2.05, 4.69) is 38.1 Å². The third-order valence-electron chi connectivity index (χ3n) is 3.99. The first kappa shape index (κ1) is 15.2. The molecule has 2 rings (SSSR count). The average Bonchev–Trinajstić information content (AvgIpc) is 2.93. The summed E-state index contributed by atoms with van der Waals surface area (Å²) in [5.74, 6) is 0. The first-order valence-electron chi connectivity index (χ1n) is 7.10. The first-order chi connectivity index (χ1) is 9.65. The van der Waals surface area contributed by atoms with Crippen LogP contribution in [0.4, 0.5) is 0 Å². The molecule has 1 unspecified atom stereocenters. The lowest BCUT2D eigenvalue weighted by molar-refractivity contribution is 0.196. The minimum Gasteiger partial charge on any atom is -0.395 e. The van der Waals surface area contributed by atoms with Gasteiger partial charge < -0.3 is 10.8 Å². The van der Waals surface area contributed by atoms with Crippen LogP contribution in [0.5, 0.6) is 0 Å². The van der Waals surface area contributed by atoms with Crippen molar-refractivity contribution in [3.8, 4) is 0 Å². The van der Waals surface area contributed by atoms with Crippen molar-refractivity contribution in [1.29, 1.82) is 0 Å². The van der Waals surface area contributed by atoms with Gasteiger partial charge in [-0.15, -0.1) is 11.3 Å². The number of aliphatic hydroxyl groups is 1. The Labute approximate surface area is 125 Å². The number of hydrogen-bond donors (Lipinski definition) is 2. The van der Waals surface area contributed by atoms with Crippen LogP contribution in [0.2, 0.25) is 0 Å². The molecular formula is C17H23NOS. The zero-order chi connectivity index (χ0) is 14.6. The van der Waals surface area contributed by atoms with Crippen LogP contribution >= 0.6 is 11.3 Å². The molecule has 0 bridgehead atoms. The Balaban J connectivity index is 2.37. The second-order valence-electron chi connectivity index (χ2n) is 5.36. The Bertz CT molecular complexity index is 558. The fourth-order valence-electron chi connectivity index (χ4n) is 2.69. The van der Waals surface area contributed by atoms with E-state index in [9.17, 15) is 5.11 Å². The second kappa shape index (κ2) is 6.53. The van der Waals surface area contributed by atoms with Crippen LogP contribution < -0.4 is 5.73 Å². The maximum Gasteiger partial charge on any atom is 0.0543 e. The highest BCUT2D eigenvalue weighted by Crippen LogP contribution is 2.32. The van der Waals surface area contributed by atoms with Crippen molar-refractivity contribution >= 4 is 11.3 Å². The van der Waals surface area contributed by atoms with Gasteiger partial charge in [0.1, 0.15) is 0 Å². The summed E-state index contributed by atoms with van der Waals surface area (Å²) in [6.45, 7) is 4.78. The highest BCUT2D eigenvalue weighted by molar-refractivity contribution is 7.12. The zero-order valence-electron chi connectivity index (χ0n) is 12.2. The van der Waals surface area contributed by atoms with Crippen LogP contribution in [-0.4, -0.2) is 18.3 Å². The van der Waals surface area contributed by atoms with Crippen molar-refractivity contribution in [3.05, 3.63) is 57.3 Å². The van der Waals surface area contributed by atoms with Crippen LogP contribution in [0.1, 0.15) is 27.8 Å². The van der Waals surface area contributed by atoms with Gasteiger partial charge in [-0.05, 0) is 43.0 Å². The quantitative estimate of drug-likeness (QED) is 0.858. The highest BCUT2D eigenvalue weighted by atomic mass is 32.1. The van der Waals surface area contributed by atoms with E-state index in [1.807, 2.05) is 23.5 Å². The molecule has 20 heavy (non-hydrogen) atoms. The Hall–Kier alpha value is -1.16. The molecule has 1 aromatic carbocycles. The molecule has 3 heteroatoms. The minimum atomic E-state index is -0.374. The SMILES string of the molecule is CCc1ccc(CC(CN)(CO)c2ccccc2C)s1. The molecule has 108 valence electrons. The van der Waals surface area contributed by atoms with Gasteiger partial charge in [-0.3, -0.25) is 0 Å². The average molecular weight is 289 g/mol. The number of aliphatic hydroxyl groups excluding tert-OH is 1. The summed E-state index contributed by atoms with van der Waals surface area (Å²) < 4.78 is 0. The molecule has 0 aliphatic rings. The van der Waals surface area contributed by atoms with Gasteiger partial charge in [0, 0.05) is 21.7 Å². The topological polar surface area (TPSA) is 46.2 Å². The van der Waals surface area contributed by atoms with Crippen molar-refractivity contribution in [2.24, 2.45) is 5.73 Å². The summed E-state index contributed by atoms with van der Waals surface area (Å²) in [6.07, 6.45) is 1.86. The number of rotatable bonds is 6. The predicted octanol–water partition coefficient (Wildman–Crippen LogP) is 3.05. The summed E-state index contributed by atoms with van der Waals surface area (Å²) in [4.78, 5) is 2.68. The number of nitrogens with two attached hydrogens (primary N) is 1. The maximum atomic E-state index is 10.0. The number of hydrogen-bond acceptors (Lipinski definition) is 3. The fourth-order valence-corrected chi connectivity index (χ4v) is 3.79. The predicted molar refractivity (Wildman–Crippen MR) is 86.4 cm³/mol. The van der Waals surface area contributed by atoms with E-state index in [4.69, 9.17) is 5.73 Å². The summed E-state index contributed by atoms with van der Waals surface area (Å²) >= 11 is 1.82. The van der Waals surface area contributed by atoms with Crippen molar-refractivity contribution in [1.82, 2.24) is 0 Å². The van der Waals surface area contributed by atoms with E-state index < -0.39 is 0 Å². The molecule has 3 N–H and O–H groups in total. The van der Waals surface area contributed by atoms with Crippen LogP contribution in [0.3, 0.4) is 0 Å². The molecule has 0 radical (unpaired) electrons. The number of aryl methyl sites for hydroxylation is 2. The smallest absolute Gasteiger partial charge is 0.0543 e. The van der Waals surface area contributed by atoms with Gasteiger partial charge in [0.2, 0.25) is 0 Å². The Morgan fingerprint density at radius 3 is 2.40 bits per heavy atom. The Kier molecular flexibility index (Phi) is 4.97. The lowest BCUT2D eigenvalue weighted by Crippen LogP contribution is -2.41. The van der Waals surface area contributed by atoms with Gasteiger partial charge in [0.25, 0.3) is 0 Å². The van der Waals surface area contributed by atoms with Crippen LogP contribution in [0.15, 0.2) is 36.4 Å². The molecule has 0 saturated carbocycles. The van der Waals surface area contributed by atoms with Crippen molar-refractivity contribution in [2.45, 2.75) is 32.1 Å². The lowest BCUT2D eigenvalue weighted by atomic mass is 9.76. The van der Waals surface area contributed by atoms with Crippen LogP contribution in [-0.2, 0) is 18.3 Å². The molecular weight excluding hydrogens is 266 g/mol. The van der Waals surface area contributed by atoms with Crippen molar-refractivity contribution in [2.75, 3.05) is 13.2 Å². The molecule has 1 aromatic heterocycles. The molecule has 1 heterocycles. The van der Waals surface area contributed by atoms with E-state index in [1.54, 1.807) is 0 Å². The molecule has 2 aromatic rings. The molecule has 0 saturated heterocycles. The summed E-state index contributed by atoms with van der Waals surface area (Å²) in [5, 5.41) is 10.0. The molecule has 0 aliphatic carbocycles. The third-order valence-corrected chi connectivity index (χ3v) is 5.22. The summed E-state index contributed by atoms with van der Waals surface area (Å²) in [6, 6.07) is 12.6. The molecule has 2 nitrogen and oxygen atoms in total. The molecule has 0 fully saturated rings. The standard InChI is InChI=1S/C17H23NOS/c1-3-14-8-9-15(20-14)10-17(11-18,12-19)16-7-5-4-6-13(16)2/h4-9,19H,3,10-12,18H2,1-2H3. The summed E-state index contributed by atoms with van der Waals surface area (Å²) in [5.41, 5.74) is 8.03. The fraction of sp³-hybridized carbons (Fsp3) is 0.412. The largest absolute Gasteiger partial charge is 0.395 e. The molecule has 0 spiro atoms. The van der Waals surface area contributed by atoms with E-state index in [0.29, 0.717) is 6.54 Å². The van der Waals surface area contributed by atoms with E-state index >= 15 is 0 Å². The highest BCUT2D eigenvalue weighted by Gasteiger charge is 2.32. The van der Waals surface area contributed by atoms with E-state index in [0.717, 1.165) is 18.4 Å². The van der Waals surface area contributed by atoms with Gasteiger partial charge >= 0.3 is 0 Å². The molecule has 1 atom stereocenters. The van der Waals surface area contributed by atoms with Gasteiger partial charge in [-0.2, -0.15) is 0 Å². The lowest BCUT2D eigenvalue weighted by Gasteiger charge is -2.32. The van der Waals surface area contributed by atoms with Gasteiger partial charge in [0.15, 0.2) is 0 Å². The van der Waals surface area contributed by atoms with Crippen LogP contribution in [0, 0.1) is 6.92 Å². The van der Waals surface area contributed by atoms with Gasteiger partial charge in [0.05, 0.1) is 6.61 Å². The van der Waals surface area contributed by atoms with E-state index in [1.165, 1.54) is 15.3 Å². The van der Waals surface area contributed by atoms with Crippen LogP contribution in [0.25, 0.3) is 0 Å². The van der Waals surface area contributed by atoms with E-state index in [-0.39, 0.29) is 12.0 Å². The Morgan fingerprint density at radius 2 is 1.85 bits per heavy atom. The summed E-state index contributed by atoms with van der Waals surface area (Å²) in [7, 11) is 0. The monoisotopic (exact) mass is 289 g/mol. The minimum absolute atomic E-state index is 0.0771. The third kappa shape index (κ3) is 2.95. The zero-order valence-corrected chi connectivity index (χ0v) is 13.0.